The summed E-state index contributed by atoms with van der Waals surface area (Å²) < 4.78 is 67.6. The SMILES string of the molecule is N[C@@H](CC(=O)N1CC[C@H]2CN(S(=O)(=O)c3ccccc3)C[C@H]21)Cc1cc(F)c(F)cc1F. The number of nitrogens with two attached hydrogens (primary N) is 1. The molecule has 2 aliphatic heterocycles. The van der Waals surface area contributed by atoms with Gasteiger partial charge in [0.25, 0.3) is 0 Å². The Hall–Kier alpha value is -2.43. The van der Waals surface area contributed by atoms with Crippen molar-refractivity contribution >= 4 is 15.9 Å². The van der Waals surface area contributed by atoms with Gasteiger partial charge < -0.3 is 10.6 Å². The van der Waals surface area contributed by atoms with Crippen molar-refractivity contribution in [2.75, 3.05) is 19.6 Å². The molecule has 32 heavy (non-hydrogen) atoms. The van der Waals surface area contributed by atoms with Gasteiger partial charge in [0.05, 0.1) is 4.90 Å². The number of nitrogens with zero attached hydrogens (tertiary/aromatic N) is 2. The van der Waals surface area contributed by atoms with Crippen LogP contribution in [0.25, 0.3) is 0 Å². The Labute approximate surface area is 184 Å². The lowest BCUT2D eigenvalue weighted by atomic mass is 10.0. The molecule has 4 rings (SSSR count). The smallest absolute Gasteiger partial charge is 0.243 e. The first-order chi connectivity index (χ1) is 15.2. The molecular formula is C22H24F3N3O3S. The molecule has 6 nitrogen and oxygen atoms in total. The lowest BCUT2D eigenvalue weighted by Gasteiger charge is -2.26. The number of hydrogen-bond donors (Lipinski definition) is 1. The molecule has 0 radical (unpaired) electrons. The van der Waals surface area contributed by atoms with E-state index in [1.165, 1.54) is 4.31 Å². The first kappa shape index (κ1) is 22.8. The number of halogens is 3. The maximum atomic E-state index is 13.9. The van der Waals surface area contributed by atoms with Gasteiger partial charge >= 0.3 is 0 Å². The fourth-order valence-corrected chi connectivity index (χ4v) is 6.12. The van der Waals surface area contributed by atoms with Crippen molar-refractivity contribution in [3.63, 3.8) is 0 Å². The van der Waals surface area contributed by atoms with E-state index in [4.69, 9.17) is 5.73 Å². The van der Waals surface area contributed by atoms with Gasteiger partial charge in [-0.2, -0.15) is 4.31 Å². The van der Waals surface area contributed by atoms with E-state index in [2.05, 4.69) is 0 Å². The second kappa shape index (κ2) is 8.84. The molecule has 10 heteroatoms. The van der Waals surface area contributed by atoms with Crippen molar-refractivity contribution < 1.29 is 26.4 Å². The molecule has 2 aliphatic rings. The fraction of sp³-hybridized carbons (Fsp3) is 0.409. The van der Waals surface area contributed by atoms with Crippen LogP contribution in [-0.2, 0) is 21.2 Å². The highest BCUT2D eigenvalue weighted by Gasteiger charge is 2.46. The molecule has 1 amide bonds. The Bertz CT molecular complexity index is 1110. The van der Waals surface area contributed by atoms with E-state index in [9.17, 15) is 26.4 Å². The van der Waals surface area contributed by atoms with Gasteiger partial charge in [0, 0.05) is 44.2 Å². The van der Waals surface area contributed by atoms with Gasteiger partial charge in [0.1, 0.15) is 5.82 Å². The summed E-state index contributed by atoms with van der Waals surface area (Å²) in [7, 11) is -3.64. The van der Waals surface area contributed by atoms with Crippen molar-refractivity contribution in [3.8, 4) is 0 Å². The summed E-state index contributed by atoms with van der Waals surface area (Å²) in [6, 6.07) is 8.35. The predicted octanol–water partition coefficient (Wildman–Crippen LogP) is 2.29. The molecule has 3 atom stereocenters. The normalized spacial score (nSPS) is 22.2. The van der Waals surface area contributed by atoms with E-state index in [-0.39, 0.29) is 47.7 Å². The molecule has 0 saturated carbocycles. The quantitative estimate of drug-likeness (QED) is 0.661. The summed E-state index contributed by atoms with van der Waals surface area (Å²) in [5, 5.41) is 0. The monoisotopic (exact) mass is 467 g/mol. The summed E-state index contributed by atoms with van der Waals surface area (Å²) in [4.78, 5) is 14.7. The van der Waals surface area contributed by atoms with Crippen LogP contribution >= 0.6 is 0 Å². The molecule has 0 aliphatic carbocycles. The third-order valence-corrected chi connectivity index (χ3v) is 8.07. The fourth-order valence-electron chi connectivity index (χ4n) is 4.59. The minimum atomic E-state index is -3.64. The first-order valence-corrected chi connectivity index (χ1v) is 11.8. The molecule has 2 N–H and O–H groups in total. The zero-order valence-electron chi connectivity index (χ0n) is 17.3. The topological polar surface area (TPSA) is 83.7 Å². The Balaban J connectivity index is 1.40. The summed E-state index contributed by atoms with van der Waals surface area (Å²) in [5.74, 6) is -3.59. The van der Waals surface area contributed by atoms with Crippen LogP contribution in [0.15, 0.2) is 47.4 Å². The number of sulfonamides is 1. The van der Waals surface area contributed by atoms with Gasteiger partial charge in [-0.25, -0.2) is 21.6 Å². The molecule has 2 heterocycles. The molecule has 2 fully saturated rings. The summed E-state index contributed by atoms with van der Waals surface area (Å²) in [6.45, 7) is 1.05. The van der Waals surface area contributed by atoms with Gasteiger partial charge in [-0.15, -0.1) is 0 Å². The minimum absolute atomic E-state index is 0.0392. The molecule has 0 unspecified atom stereocenters. The van der Waals surface area contributed by atoms with E-state index in [0.717, 1.165) is 6.07 Å². The molecule has 0 aromatic heterocycles. The van der Waals surface area contributed by atoms with Gasteiger partial charge in [-0.1, -0.05) is 18.2 Å². The highest BCUT2D eigenvalue weighted by atomic mass is 32.2. The lowest BCUT2D eigenvalue weighted by molar-refractivity contribution is -0.132. The number of likely N-dealkylation sites (tertiary alicyclic amines) is 1. The van der Waals surface area contributed by atoms with Gasteiger partial charge in [0.15, 0.2) is 11.6 Å². The van der Waals surface area contributed by atoms with Crippen molar-refractivity contribution in [1.82, 2.24) is 9.21 Å². The molecular weight excluding hydrogens is 443 g/mol. The lowest BCUT2D eigenvalue weighted by Crippen LogP contribution is -2.43. The molecule has 0 bridgehead atoms. The average molecular weight is 468 g/mol. The van der Waals surface area contributed by atoms with Gasteiger partial charge in [0.2, 0.25) is 15.9 Å². The predicted molar refractivity (Wildman–Crippen MR) is 111 cm³/mol. The van der Waals surface area contributed by atoms with Crippen LogP contribution in [0.5, 0.6) is 0 Å². The van der Waals surface area contributed by atoms with Crippen molar-refractivity contribution in [1.29, 1.82) is 0 Å². The Kier molecular flexibility index (Phi) is 6.28. The number of fused-ring (bicyclic) bond motifs is 1. The molecule has 2 aromatic carbocycles. The second-order valence-corrected chi connectivity index (χ2v) is 10.3. The zero-order chi connectivity index (χ0) is 23.0. The van der Waals surface area contributed by atoms with Gasteiger partial charge in [-0.05, 0) is 42.5 Å². The van der Waals surface area contributed by atoms with Crippen molar-refractivity contribution in [3.05, 3.63) is 65.5 Å². The Morgan fingerprint density at radius 3 is 2.47 bits per heavy atom. The van der Waals surface area contributed by atoms with E-state index >= 15 is 0 Å². The van der Waals surface area contributed by atoms with Crippen LogP contribution < -0.4 is 5.73 Å². The van der Waals surface area contributed by atoms with E-state index < -0.39 is 33.5 Å². The number of benzene rings is 2. The average Bonchev–Trinajstić information content (AvgIpc) is 3.34. The minimum Gasteiger partial charge on any atom is -0.338 e. The van der Waals surface area contributed by atoms with Crippen LogP contribution in [0.3, 0.4) is 0 Å². The van der Waals surface area contributed by atoms with Crippen molar-refractivity contribution in [2.24, 2.45) is 11.7 Å². The van der Waals surface area contributed by atoms with Crippen LogP contribution in [0.2, 0.25) is 0 Å². The van der Waals surface area contributed by atoms with Crippen LogP contribution in [0.1, 0.15) is 18.4 Å². The number of hydrogen-bond acceptors (Lipinski definition) is 4. The number of amides is 1. The summed E-state index contributed by atoms with van der Waals surface area (Å²) in [5.41, 5.74) is 5.91. The molecule has 2 saturated heterocycles. The number of carbonyl (C=O) groups is 1. The Morgan fingerprint density at radius 1 is 1.06 bits per heavy atom. The van der Waals surface area contributed by atoms with Crippen LogP contribution in [0.4, 0.5) is 13.2 Å². The standard InChI is InChI=1S/C22H24F3N3O3S/c23-18-11-20(25)19(24)9-15(18)8-16(26)10-22(29)28-7-6-14-12-27(13-21(14)28)32(30,31)17-4-2-1-3-5-17/h1-5,9,11,14,16,21H,6-8,10,12-13,26H2/t14-,16+,21+/m0/s1. The van der Waals surface area contributed by atoms with E-state index in [1.807, 2.05) is 0 Å². The van der Waals surface area contributed by atoms with Crippen LogP contribution in [-0.4, -0.2) is 55.2 Å². The Morgan fingerprint density at radius 2 is 1.75 bits per heavy atom. The third-order valence-electron chi connectivity index (χ3n) is 6.22. The first-order valence-electron chi connectivity index (χ1n) is 10.4. The number of rotatable bonds is 6. The van der Waals surface area contributed by atoms with Gasteiger partial charge in [-0.3, -0.25) is 4.79 Å². The van der Waals surface area contributed by atoms with E-state index in [1.54, 1.807) is 35.2 Å². The highest BCUT2D eigenvalue weighted by Crippen LogP contribution is 2.35. The summed E-state index contributed by atoms with van der Waals surface area (Å²) in [6.07, 6.45) is 0.461. The molecule has 172 valence electrons. The maximum absolute atomic E-state index is 13.9. The highest BCUT2D eigenvalue weighted by molar-refractivity contribution is 7.89. The largest absolute Gasteiger partial charge is 0.338 e. The number of carbonyl (C=O) groups excluding carboxylic acids is 1. The molecule has 0 spiro atoms. The maximum Gasteiger partial charge on any atom is 0.243 e. The summed E-state index contributed by atoms with van der Waals surface area (Å²) >= 11 is 0. The van der Waals surface area contributed by atoms with Crippen molar-refractivity contribution in [2.45, 2.75) is 36.2 Å². The van der Waals surface area contributed by atoms with E-state index in [0.29, 0.717) is 25.6 Å². The molecule has 2 aromatic rings. The third kappa shape index (κ3) is 4.39. The zero-order valence-corrected chi connectivity index (χ0v) is 18.1. The van der Waals surface area contributed by atoms with Crippen LogP contribution in [0, 0.1) is 23.4 Å². The second-order valence-electron chi connectivity index (χ2n) is 8.36.